The van der Waals surface area contributed by atoms with Crippen molar-refractivity contribution >= 4 is 56.8 Å². The minimum Gasteiger partial charge on any atom is -0.379 e. The van der Waals surface area contributed by atoms with E-state index in [1.165, 1.54) is 16.2 Å². The van der Waals surface area contributed by atoms with Crippen LogP contribution in [0.25, 0.3) is 21.5 Å². The standard InChI is InChI=1S/C24H24N4O3S2.ClH/c1-32-18-7-8-19-22(15-18)33-24(25-19)28(10-9-27-11-13-30-14-12-27)23(29)20-16-21(31-26-20)17-5-3-2-4-6-17;/h2-8,15-16H,9-14H2,1H3;1H. The van der Waals surface area contributed by atoms with Crippen LogP contribution in [0.3, 0.4) is 0 Å². The summed E-state index contributed by atoms with van der Waals surface area (Å²) in [6, 6.07) is 17.6. The molecule has 0 spiro atoms. The van der Waals surface area contributed by atoms with E-state index in [4.69, 9.17) is 14.2 Å². The summed E-state index contributed by atoms with van der Waals surface area (Å²) in [4.78, 5) is 23.6. The highest BCUT2D eigenvalue weighted by atomic mass is 35.5. The number of carbonyl (C=O) groups is 1. The van der Waals surface area contributed by atoms with E-state index >= 15 is 0 Å². The fourth-order valence-corrected chi connectivity index (χ4v) is 5.28. The summed E-state index contributed by atoms with van der Waals surface area (Å²) >= 11 is 3.22. The number of amides is 1. The predicted octanol–water partition coefficient (Wildman–Crippen LogP) is 5.07. The third kappa shape index (κ3) is 5.45. The summed E-state index contributed by atoms with van der Waals surface area (Å²) in [6.07, 6.45) is 2.05. The Balaban J connectivity index is 0.00000274. The Labute approximate surface area is 212 Å². The van der Waals surface area contributed by atoms with Gasteiger partial charge in [0.25, 0.3) is 5.91 Å². The number of hydrogen-bond donors (Lipinski definition) is 0. The molecule has 0 aliphatic carbocycles. The Bertz CT molecular complexity index is 1240. The smallest absolute Gasteiger partial charge is 0.282 e. The number of carbonyl (C=O) groups excluding carboxylic acids is 1. The number of rotatable bonds is 7. The molecule has 178 valence electrons. The second-order valence-electron chi connectivity index (χ2n) is 7.68. The van der Waals surface area contributed by atoms with Gasteiger partial charge in [-0.15, -0.1) is 24.2 Å². The van der Waals surface area contributed by atoms with E-state index in [9.17, 15) is 4.79 Å². The SMILES string of the molecule is CSc1ccc2nc(N(CCN3CCOCC3)C(=O)c3cc(-c4ccccc4)on3)sc2c1.Cl. The zero-order valence-corrected chi connectivity index (χ0v) is 21.1. The van der Waals surface area contributed by atoms with E-state index in [2.05, 4.69) is 28.4 Å². The molecule has 0 saturated carbocycles. The van der Waals surface area contributed by atoms with Crippen LogP contribution in [-0.2, 0) is 4.74 Å². The third-order valence-corrected chi connectivity index (χ3v) is 7.36. The molecule has 10 heteroatoms. The van der Waals surface area contributed by atoms with Gasteiger partial charge in [0.15, 0.2) is 16.6 Å². The molecule has 3 heterocycles. The molecule has 34 heavy (non-hydrogen) atoms. The molecule has 0 unspecified atom stereocenters. The lowest BCUT2D eigenvalue weighted by Gasteiger charge is -2.28. The largest absolute Gasteiger partial charge is 0.379 e. The zero-order chi connectivity index (χ0) is 22.6. The van der Waals surface area contributed by atoms with Crippen LogP contribution in [-0.4, -0.2) is 66.6 Å². The van der Waals surface area contributed by atoms with Crippen LogP contribution < -0.4 is 4.90 Å². The zero-order valence-electron chi connectivity index (χ0n) is 18.7. The maximum atomic E-state index is 13.6. The van der Waals surface area contributed by atoms with Gasteiger partial charge in [-0.1, -0.05) is 46.8 Å². The average molecular weight is 517 g/mol. The first-order valence-corrected chi connectivity index (χ1v) is 12.8. The number of benzene rings is 2. The lowest BCUT2D eigenvalue weighted by atomic mass is 10.1. The minimum absolute atomic E-state index is 0. The maximum Gasteiger partial charge on any atom is 0.282 e. The van der Waals surface area contributed by atoms with Crippen LogP contribution in [0, 0.1) is 0 Å². The van der Waals surface area contributed by atoms with E-state index in [0.717, 1.165) is 48.6 Å². The molecule has 4 aromatic rings. The van der Waals surface area contributed by atoms with Crippen molar-refractivity contribution in [2.75, 3.05) is 50.5 Å². The molecular formula is C24H25ClN4O3S2. The Kier molecular flexibility index (Phi) is 8.23. The molecule has 1 amide bonds. The summed E-state index contributed by atoms with van der Waals surface area (Å²) in [7, 11) is 0. The predicted molar refractivity (Wildman–Crippen MR) is 140 cm³/mol. The molecule has 1 saturated heterocycles. The molecule has 7 nitrogen and oxygen atoms in total. The van der Waals surface area contributed by atoms with Crippen molar-refractivity contribution in [2.45, 2.75) is 4.90 Å². The van der Waals surface area contributed by atoms with Crippen LogP contribution in [0.2, 0.25) is 0 Å². The van der Waals surface area contributed by atoms with Crippen molar-refractivity contribution in [3.05, 3.63) is 60.3 Å². The van der Waals surface area contributed by atoms with Gasteiger partial charge in [0.2, 0.25) is 0 Å². The molecule has 0 radical (unpaired) electrons. The van der Waals surface area contributed by atoms with Crippen molar-refractivity contribution in [3.8, 4) is 11.3 Å². The number of thioether (sulfide) groups is 1. The molecule has 1 fully saturated rings. The number of aromatic nitrogens is 2. The monoisotopic (exact) mass is 516 g/mol. The number of hydrogen-bond acceptors (Lipinski definition) is 8. The van der Waals surface area contributed by atoms with Crippen LogP contribution in [0.4, 0.5) is 5.13 Å². The molecule has 2 aromatic heterocycles. The van der Waals surface area contributed by atoms with Gasteiger partial charge in [-0.3, -0.25) is 14.6 Å². The van der Waals surface area contributed by atoms with Gasteiger partial charge >= 0.3 is 0 Å². The van der Waals surface area contributed by atoms with Gasteiger partial charge in [0, 0.05) is 42.7 Å². The molecule has 0 N–H and O–H groups in total. The van der Waals surface area contributed by atoms with Gasteiger partial charge in [-0.25, -0.2) is 4.98 Å². The Morgan fingerprint density at radius 3 is 2.71 bits per heavy atom. The quantitative estimate of drug-likeness (QED) is 0.317. The van der Waals surface area contributed by atoms with Crippen LogP contribution in [0.1, 0.15) is 10.5 Å². The molecule has 1 aliphatic heterocycles. The maximum absolute atomic E-state index is 13.6. The molecule has 5 rings (SSSR count). The number of halogens is 1. The first-order valence-electron chi connectivity index (χ1n) is 10.8. The minimum atomic E-state index is -0.210. The van der Waals surface area contributed by atoms with Crippen molar-refractivity contribution in [2.24, 2.45) is 0 Å². The Morgan fingerprint density at radius 2 is 1.94 bits per heavy atom. The van der Waals surface area contributed by atoms with Crippen molar-refractivity contribution in [1.82, 2.24) is 15.0 Å². The lowest BCUT2D eigenvalue weighted by Crippen LogP contribution is -2.43. The van der Waals surface area contributed by atoms with E-state index in [1.807, 2.05) is 36.4 Å². The highest BCUT2D eigenvalue weighted by Gasteiger charge is 2.26. The van der Waals surface area contributed by atoms with Crippen LogP contribution in [0.5, 0.6) is 0 Å². The van der Waals surface area contributed by atoms with Gasteiger partial charge < -0.3 is 9.26 Å². The second-order valence-corrected chi connectivity index (χ2v) is 9.57. The van der Waals surface area contributed by atoms with E-state index in [-0.39, 0.29) is 24.0 Å². The number of anilines is 1. The van der Waals surface area contributed by atoms with E-state index < -0.39 is 0 Å². The average Bonchev–Trinajstić information content (AvgIpc) is 3.52. The van der Waals surface area contributed by atoms with Crippen molar-refractivity contribution in [1.29, 1.82) is 0 Å². The fourth-order valence-electron chi connectivity index (χ4n) is 3.74. The number of thiazole rings is 1. The first-order chi connectivity index (χ1) is 16.2. The Morgan fingerprint density at radius 1 is 1.15 bits per heavy atom. The molecule has 0 bridgehead atoms. The van der Waals surface area contributed by atoms with E-state index in [0.29, 0.717) is 17.4 Å². The first kappa shape index (κ1) is 24.7. The summed E-state index contributed by atoms with van der Waals surface area (Å²) in [5, 5.41) is 4.76. The van der Waals surface area contributed by atoms with Gasteiger partial charge in [-0.2, -0.15) is 0 Å². The summed E-state index contributed by atoms with van der Waals surface area (Å²) < 4.78 is 12.0. The molecule has 1 aliphatic rings. The van der Waals surface area contributed by atoms with Gasteiger partial charge in [0.05, 0.1) is 23.4 Å². The lowest BCUT2D eigenvalue weighted by molar-refractivity contribution is 0.0391. The topological polar surface area (TPSA) is 71.7 Å². The normalized spacial score (nSPS) is 14.1. The summed E-state index contributed by atoms with van der Waals surface area (Å²) in [5.41, 5.74) is 2.05. The fraction of sp³-hybridized carbons (Fsp3) is 0.292. The highest BCUT2D eigenvalue weighted by molar-refractivity contribution is 7.98. The van der Waals surface area contributed by atoms with Crippen molar-refractivity contribution < 1.29 is 14.1 Å². The summed E-state index contributed by atoms with van der Waals surface area (Å²) in [5.74, 6) is 0.360. The second kappa shape index (κ2) is 11.3. The number of nitrogens with zero attached hydrogens (tertiary/aromatic N) is 4. The number of fused-ring (bicyclic) bond motifs is 1. The summed E-state index contributed by atoms with van der Waals surface area (Å²) in [6.45, 7) is 4.42. The molecule has 0 atom stereocenters. The van der Waals surface area contributed by atoms with Gasteiger partial charge in [0.1, 0.15) is 0 Å². The van der Waals surface area contributed by atoms with Gasteiger partial charge in [-0.05, 0) is 24.5 Å². The highest BCUT2D eigenvalue weighted by Crippen LogP contribution is 2.32. The van der Waals surface area contributed by atoms with E-state index in [1.54, 1.807) is 22.7 Å². The van der Waals surface area contributed by atoms with Crippen LogP contribution >= 0.6 is 35.5 Å². The third-order valence-electron chi connectivity index (χ3n) is 5.59. The molecule has 2 aromatic carbocycles. The molecular weight excluding hydrogens is 492 g/mol. The Hall–Kier alpha value is -2.43. The number of ether oxygens (including phenoxy) is 1. The number of morpholine rings is 1. The van der Waals surface area contributed by atoms with Crippen LogP contribution in [0.15, 0.2) is 64.0 Å². The van der Waals surface area contributed by atoms with Crippen molar-refractivity contribution in [3.63, 3.8) is 0 Å².